The van der Waals surface area contributed by atoms with Gasteiger partial charge in [0.1, 0.15) is 0 Å². The Kier molecular flexibility index (Phi) is 8.53. The standard InChI is InChI=1S/C24H32N4O3S2/c1-15-8-19(12-24(3,4)11-15)27-21(30)10-20-13-32-23(28-20)33-14-22(31)26-18-7-5-6-17(9-18)25-16(2)29/h5-7,9,13,15,19H,8,10-12,14H2,1-4H3,(H,25,29)(H,26,31)(H,27,30). The predicted octanol–water partition coefficient (Wildman–Crippen LogP) is 4.71. The number of thiazole rings is 1. The molecule has 1 aromatic heterocycles. The molecule has 9 heteroatoms. The number of hydrogen-bond donors (Lipinski definition) is 3. The molecule has 0 spiro atoms. The molecule has 0 aliphatic heterocycles. The Morgan fingerprint density at radius 3 is 2.58 bits per heavy atom. The molecule has 3 N–H and O–H groups in total. The predicted molar refractivity (Wildman–Crippen MR) is 135 cm³/mol. The van der Waals surface area contributed by atoms with Crippen molar-refractivity contribution in [1.82, 2.24) is 10.3 Å². The van der Waals surface area contributed by atoms with Crippen LogP contribution in [0.25, 0.3) is 0 Å². The molecule has 0 bridgehead atoms. The van der Waals surface area contributed by atoms with Crippen molar-refractivity contribution in [2.75, 3.05) is 16.4 Å². The molecule has 3 rings (SSSR count). The number of carbonyl (C=O) groups excluding carboxylic acids is 3. The van der Waals surface area contributed by atoms with Crippen LogP contribution < -0.4 is 16.0 Å². The van der Waals surface area contributed by atoms with Crippen LogP contribution >= 0.6 is 23.1 Å². The van der Waals surface area contributed by atoms with Crippen LogP contribution in [0, 0.1) is 11.3 Å². The minimum absolute atomic E-state index is 0.00328. The van der Waals surface area contributed by atoms with Gasteiger partial charge < -0.3 is 16.0 Å². The first kappa shape index (κ1) is 25.2. The molecule has 2 atom stereocenters. The van der Waals surface area contributed by atoms with E-state index in [2.05, 4.69) is 41.7 Å². The molecule has 2 unspecified atom stereocenters. The summed E-state index contributed by atoms with van der Waals surface area (Å²) in [5.41, 5.74) is 2.23. The molecule has 0 saturated heterocycles. The molecule has 0 radical (unpaired) electrons. The first-order valence-electron chi connectivity index (χ1n) is 11.1. The van der Waals surface area contributed by atoms with E-state index in [-0.39, 0.29) is 41.4 Å². The zero-order valence-corrected chi connectivity index (χ0v) is 21.2. The Morgan fingerprint density at radius 2 is 1.88 bits per heavy atom. The van der Waals surface area contributed by atoms with Gasteiger partial charge in [0.15, 0.2) is 4.34 Å². The highest BCUT2D eigenvalue weighted by Crippen LogP contribution is 2.38. The summed E-state index contributed by atoms with van der Waals surface area (Å²) in [6.45, 7) is 8.22. The highest BCUT2D eigenvalue weighted by molar-refractivity contribution is 8.01. The normalized spacial score (nSPS) is 19.5. The van der Waals surface area contributed by atoms with Gasteiger partial charge in [0.2, 0.25) is 17.7 Å². The third kappa shape index (κ3) is 8.47. The van der Waals surface area contributed by atoms with Crippen LogP contribution in [0.3, 0.4) is 0 Å². The van der Waals surface area contributed by atoms with Crippen LogP contribution in [0.1, 0.15) is 52.7 Å². The summed E-state index contributed by atoms with van der Waals surface area (Å²) in [6.07, 6.45) is 3.48. The van der Waals surface area contributed by atoms with Crippen molar-refractivity contribution in [3.63, 3.8) is 0 Å². The molecule has 1 aliphatic carbocycles. The molecule has 1 fully saturated rings. The van der Waals surface area contributed by atoms with Crippen molar-refractivity contribution in [2.24, 2.45) is 11.3 Å². The third-order valence-corrected chi connectivity index (χ3v) is 7.49. The van der Waals surface area contributed by atoms with Gasteiger partial charge >= 0.3 is 0 Å². The van der Waals surface area contributed by atoms with Gasteiger partial charge in [0, 0.05) is 29.7 Å². The number of aromatic nitrogens is 1. The van der Waals surface area contributed by atoms with Crippen LogP contribution in [0.4, 0.5) is 11.4 Å². The number of hydrogen-bond acceptors (Lipinski definition) is 6. The van der Waals surface area contributed by atoms with Crippen LogP contribution in [-0.4, -0.2) is 34.5 Å². The highest BCUT2D eigenvalue weighted by Gasteiger charge is 2.32. The molecule has 1 saturated carbocycles. The Bertz CT molecular complexity index is 1010. The summed E-state index contributed by atoms with van der Waals surface area (Å²) >= 11 is 2.78. The average molecular weight is 489 g/mol. The molecule has 7 nitrogen and oxygen atoms in total. The van der Waals surface area contributed by atoms with Gasteiger partial charge in [-0.25, -0.2) is 4.98 Å². The quantitative estimate of drug-likeness (QED) is 0.468. The summed E-state index contributed by atoms with van der Waals surface area (Å²) < 4.78 is 0.757. The van der Waals surface area contributed by atoms with E-state index in [1.165, 1.54) is 36.4 Å². The van der Waals surface area contributed by atoms with Gasteiger partial charge in [-0.3, -0.25) is 14.4 Å². The number of carbonyl (C=O) groups is 3. The maximum atomic E-state index is 12.5. The van der Waals surface area contributed by atoms with Crippen molar-refractivity contribution in [1.29, 1.82) is 0 Å². The molecular weight excluding hydrogens is 456 g/mol. The minimum Gasteiger partial charge on any atom is -0.353 e. The largest absolute Gasteiger partial charge is 0.353 e. The van der Waals surface area contributed by atoms with Crippen molar-refractivity contribution < 1.29 is 14.4 Å². The first-order valence-corrected chi connectivity index (χ1v) is 13.0. The van der Waals surface area contributed by atoms with Crippen molar-refractivity contribution in [3.05, 3.63) is 35.3 Å². The Morgan fingerprint density at radius 1 is 1.15 bits per heavy atom. The molecule has 2 aromatic rings. The summed E-state index contributed by atoms with van der Waals surface area (Å²) in [4.78, 5) is 40.5. The second-order valence-corrected chi connectivity index (χ2v) is 11.6. The summed E-state index contributed by atoms with van der Waals surface area (Å²) in [7, 11) is 0. The summed E-state index contributed by atoms with van der Waals surface area (Å²) in [5, 5.41) is 10.6. The molecule has 178 valence electrons. The minimum atomic E-state index is -0.167. The van der Waals surface area contributed by atoms with E-state index in [4.69, 9.17) is 0 Å². The fourth-order valence-corrected chi connectivity index (χ4v) is 6.18. The lowest BCUT2D eigenvalue weighted by molar-refractivity contribution is -0.121. The van der Waals surface area contributed by atoms with Crippen molar-refractivity contribution in [3.8, 4) is 0 Å². The second kappa shape index (κ2) is 11.2. The van der Waals surface area contributed by atoms with Gasteiger partial charge in [0.25, 0.3) is 0 Å². The molecule has 33 heavy (non-hydrogen) atoms. The van der Waals surface area contributed by atoms with Crippen molar-refractivity contribution >= 4 is 52.2 Å². The molecular formula is C24H32N4O3S2. The van der Waals surface area contributed by atoms with Gasteiger partial charge in [-0.1, -0.05) is 38.6 Å². The van der Waals surface area contributed by atoms with Gasteiger partial charge in [-0.05, 0) is 48.8 Å². The lowest BCUT2D eigenvalue weighted by atomic mass is 9.70. The van der Waals surface area contributed by atoms with Crippen LogP contribution in [0.5, 0.6) is 0 Å². The topological polar surface area (TPSA) is 100 Å². The van der Waals surface area contributed by atoms with Gasteiger partial charge in [0.05, 0.1) is 17.9 Å². The monoisotopic (exact) mass is 488 g/mol. The Hall–Kier alpha value is -2.39. The smallest absolute Gasteiger partial charge is 0.234 e. The number of benzene rings is 1. The van der Waals surface area contributed by atoms with Crippen LogP contribution in [0.15, 0.2) is 34.0 Å². The number of thioether (sulfide) groups is 1. The highest BCUT2D eigenvalue weighted by atomic mass is 32.2. The molecule has 1 heterocycles. The van der Waals surface area contributed by atoms with Crippen LogP contribution in [-0.2, 0) is 20.8 Å². The van der Waals surface area contributed by atoms with E-state index in [1.807, 2.05) is 5.38 Å². The van der Waals surface area contributed by atoms with E-state index in [0.29, 0.717) is 17.3 Å². The summed E-state index contributed by atoms with van der Waals surface area (Å²) in [5.74, 6) is 0.491. The van der Waals surface area contributed by atoms with Gasteiger partial charge in [-0.2, -0.15) is 0 Å². The maximum absolute atomic E-state index is 12.5. The van der Waals surface area contributed by atoms with E-state index in [9.17, 15) is 14.4 Å². The number of nitrogens with one attached hydrogen (secondary N) is 3. The van der Waals surface area contributed by atoms with Crippen molar-refractivity contribution in [2.45, 2.75) is 63.8 Å². The SMILES string of the molecule is CC(=O)Nc1cccc(NC(=O)CSc2nc(CC(=O)NC3CC(C)CC(C)(C)C3)cs2)c1. The molecule has 1 aliphatic rings. The Balaban J connectivity index is 1.44. The molecule has 3 amide bonds. The second-order valence-electron chi connectivity index (χ2n) is 9.56. The molecule has 1 aromatic carbocycles. The fourth-order valence-electron chi connectivity index (χ4n) is 4.54. The number of anilines is 2. The summed E-state index contributed by atoms with van der Waals surface area (Å²) in [6, 6.07) is 7.22. The maximum Gasteiger partial charge on any atom is 0.234 e. The zero-order chi connectivity index (χ0) is 24.0. The lowest BCUT2D eigenvalue weighted by Gasteiger charge is -2.39. The van der Waals surface area contributed by atoms with E-state index >= 15 is 0 Å². The van der Waals surface area contributed by atoms with E-state index in [0.717, 1.165) is 22.9 Å². The lowest BCUT2D eigenvalue weighted by Crippen LogP contribution is -2.43. The third-order valence-electron chi connectivity index (χ3n) is 5.42. The number of nitrogens with zero attached hydrogens (tertiary/aromatic N) is 1. The van der Waals surface area contributed by atoms with E-state index < -0.39 is 0 Å². The first-order chi connectivity index (χ1) is 15.6. The zero-order valence-electron chi connectivity index (χ0n) is 19.6. The van der Waals surface area contributed by atoms with Crippen LogP contribution in [0.2, 0.25) is 0 Å². The number of amides is 3. The van der Waals surface area contributed by atoms with Gasteiger partial charge in [-0.15, -0.1) is 11.3 Å². The number of rotatable bonds is 8. The fraction of sp³-hybridized carbons (Fsp3) is 0.500. The van der Waals surface area contributed by atoms with E-state index in [1.54, 1.807) is 24.3 Å². The Labute approximate surface area is 203 Å². The average Bonchev–Trinajstić information content (AvgIpc) is 3.11.